The summed E-state index contributed by atoms with van der Waals surface area (Å²) < 4.78 is 4.79. The maximum Gasteiger partial charge on any atom is 0.357 e. The molecule has 0 saturated carbocycles. The van der Waals surface area contributed by atoms with Crippen molar-refractivity contribution in [1.29, 1.82) is 0 Å². The molecule has 0 N–H and O–H groups in total. The highest BCUT2D eigenvalue weighted by Crippen LogP contribution is 2.36. The van der Waals surface area contributed by atoms with E-state index in [9.17, 15) is 4.79 Å². The smallest absolute Gasteiger partial charge is 0.357 e. The van der Waals surface area contributed by atoms with E-state index in [4.69, 9.17) is 4.74 Å². The number of esters is 1. The summed E-state index contributed by atoms with van der Waals surface area (Å²) in [6, 6.07) is 0. The van der Waals surface area contributed by atoms with Crippen LogP contribution in [0.2, 0.25) is 0 Å². The first-order valence-corrected chi connectivity index (χ1v) is 8.45. The first kappa shape index (κ1) is 16.3. The maximum absolute atomic E-state index is 11.7. The summed E-state index contributed by atoms with van der Waals surface area (Å²) in [4.78, 5) is 19.5. The molecule has 1 aromatic rings. The van der Waals surface area contributed by atoms with Gasteiger partial charge in [-0.1, -0.05) is 20.8 Å². The van der Waals surface area contributed by atoms with Crippen LogP contribution in [0.25, 0.3) is 0 Å². The van der Waals surface area contributed by atoms with Crippen LogP contribution in [-0.4, -0.2) is 31.2 Å². The third-order valence-electron chi connectivity index (χ3n) is 4.39. The van der Waals surface area contributed by atoms with Crippen LogP contribution in [0.15, 0.2) is 0 Å². The van der Waals surface area contributed by atoms with Gasteiger partial charge in [0.15, 0.2) is 10.8 Å². The molecule has 0 amide bonds. The number of rotatable bonds is 2. The normalized spacial score (nSPS) is 20.2. The Morgan fingerprint density at radius 1 is 1.33 bits per heavy atom. The molecule has 1 aliphatic rings. The highest BCUT2D eigenvalue weighted by atomic mass is 32.1. The first-order chi connectivity index (χ1) is 9.82. The van der Waals surface area contributed by atoms with E-state index in [1.807, 2.05) is 6.92 Å². The number of carbonyl (C=O) groups is 1. The number of thiazole rings is 1. The van der Waals surface area contributed by atoms with Crippen molar-refractivity contribution in [2.45, 2.75) is 47.0 Å². The van der Waals surface area contributed by atoms with Gasteiger partial charge in [0, 0.05) is 18.0 Å². The third kappa shape index (κ3) is 3.76. The summed E-state index contributed by atoms with van der Waals surface area (Å²) in [5.41, 5.74) is 0.834. The van der Waals surface area contributed by atoms with Gasteiger partial charge < -0.3 is 9.64 Å². The van der Waals surface area contributed by atoms with Crippen LogP contribution < -0.4 is 4.90 Å². The molecule has 1 aliphatic heterocycles. The van der Waals surface area contributed by atoms with Crippen LogP contribution in [0.5, 0.6) is 0 Å². The fourth-order valence-electron chi connectivity index (χ4n) is 2.96. The molecule has 21 heavy (non-hydrogen) atoms. The van der Waals surface area contributed by atoms with Gasteiger partial charge in [-0.15, -0.1) is 11.3 Å². The summed E-state index contributed by atoms with van der Waals surface area (Å²) in [5.74, 6) is 0.418. The van der Waals surface area contributed by atoms with Crippen molar-refractivity contribution in [3.05, 3.63) is 10.6 Å². The molecule has 0 spiro atoms. The molecule has 1 unspecified atom stereocenters. The lowest BCUT2D eigenvalue weighted by Gasteiger charge is -2.29. The molecular formula is C16H26N2O2S. The van der Waals surface area contributed by atoms with Crippen LogP contribution in [0.4, 0.5) is 5.13 Å². The molecule has 118 valence electrons. The molecule has 1 fully saturated rings. The van der Waals surface area contributed by atoms with E-state index >= 15 is 0 Å². The highest BCUT2D eigenvalue weighted by Gasteiger charge is 2.28. The summed E-state index contributed by atoms with van der Waals surface area (Å²) in [6.45, 7) is 11.0. The van der Waals surface area contributed by atoms with Gasteiger partial charge in [0.05, 0.1) is 7.11 Å². The van der Waals surface area contributed by atoms with Crippen LogP contribution in [0.3, 0.4) is 0 Å². The van der Waals surface area contributed by atoms with Gasteiger partial charge in [-0.25, -0.2) is 9.78 Å². The highest BCUT2D eigenvalue weighted by molar-refractivity contribution is 7.15. The van der Waals surface area contributed by atoms with E-state index in [-0.39, 0.29) is 5.97 Å². The van der Waals surface area contributed by atoms with Gasteiger partial charge in [-0.2, -0.15) is 0 Å². The molecule has 5 heteroatoms. The second-order valence-corrected chi connectivity index (χ2v) is 8.06. The second kappa shape index (κ2) is 6.34. The number of hydrogen-bond donors (Lipinski definition) is 0. The van der Waals surface area contributed by atoms with Crippen LogP contribution in [0, 0.1) is 18.3 Å². The Kier molecular flexibility index (Phi) is 4.91. The van der Waals surface area contributed by atoms with Crippen molar-refractivity contribution >= 4 is 22.4 Å². The minimum Gasteiger partial charge on any atom is -0.464 e. The Labute approximate surface area is 131 Å². The number of aryl methyl sites for hydroxylation is 1. The second-order valence-electron chi connectivity index (χ2n) is 6.87. The standard InChI is InChI=1S/C16H26N2O2S/c1-11-13(14(19)20-5)17-15(21-11)18-9-6-7-12(8-10-18)16(2,3)4/h12H,6-10H2,1-5H3. The minimum absolute atomic E-state index is 0.336. The molecular weight excluding hydrogens is 284 g/mol. The number of nitrogens with zero attached hydrogens (tertiary/aromatic N) is 2. The lowest BCUT2D eigenvalue weighted by Crippen LogP contribution is -2.26. The van der Waals surface area contributed by atoms with Gasteiger partial charge in [0.2, 0.25) is 0 Å². The molecule has 0 radical (unpaired) electrons. The number of hydrogen-bond acceptors (Lipinski definition) is 5. The molecule has 1 aromatic heterocycles. The molecule has 0 aromatic carbocycles. The number of methoxy groups -OCH3 is 1. The third-order valence-corrected chi connectivity index (χ3v) is 5.42. The summed E-state index contributed by atoms with van der Waals surface area (Å²) in [6.07, 6.45) is 3.65. The van der Waals surface area contributed by atoms with Gasteiger partial charge >= 0.3 is 5.97 Å². The van der Waals surface area contributed by atoms with E-state index in [0.717, 1.165) is 29.0 Å². The van der Waals surface area contributed by atoms with E-state index < -0.39 is 0 Å². The predicted octanol–water partition coefficient (Wildman–Crippen LogP) is 3.89. The summed E-state index contributed by atoms with van der Waals surface area (Å²) >= 11 is 1.60. The van der Waals surface area contributed by atoms with Crippen molar-refractivity contribution < 1.29 is 9.53 Å². The van der Waals surface area contributed by atoms with Gasteiger partial charge in [-0.3, -0.25) is 0 Å². The van der Waals surface area contributed by atoms with Crippen LogP contribution >= 0.6 is 11.3 Å². The minimum atomic E-state index is -0.336. The maximum atomic E-state index is 11.7. The number of ether oxygens (including phenoxy) is 1. The SMILES string of the molecule is COC(=O)c1nc(N2CCCC(C(C)(C)C)CC2)sc1C. The van der Waals surface area contributed by atoms with Gasteiger partial charge in [0.25, 0.3) is 0 Å². The molecule has 2 rings (SSSR count). The van der Waals surface area contributed by atoms with Crippen molar-refractivity contribution in [3.8, 4) is 0 Å². The Balaban J connectivity index is 2.11. The van der Waals surface area contributed by atoms with Crippen molar-refractivity contribution in [2.24, 2.45) is 11.3 Å². The zero-order valence-electron chi connectivity index (χ0n) is 13.7. The van der Waals surface area contributed by atoms with E-state index in [1.165, 1.54) is 26.4 Å². The molecule has 0 bridgehead atoms. The Morgan fingerprint density at radius 2 is 2.05 bits per heavy atom. The van der Waals surface area contributed by atoms with Gasteiger partial charge in [0.1, 0.15) is 0 Å². The quantitative estimate of drug-likeness (QED) is 0.777. The number of aromatic nitrogens is 1. The molecule has 4 nitrogen and oxygen atoms in total. The zero-order chi connectivity index (χ0) is 15.6. The lowest BCUT2D eigenvalue weighted by atomic mass is 9.77. The van der Waals surface area contributed by atoms with Crippen molar-refractivity contribution in [3.63, 3.8) is 0 Å². The van der Waals surface area contributed by atoms with Crippen LogP contribution in [0.1, 0.15) is 55.4 Å². The van der Waals surface area contributed by atoms with Gasteiger partial charge in [-0.05, 0) is 37.5 Å². The zero-order valence-corrected chi connectivity index (χ0v) is 14.5. The van der Waals surface area contributed by atoms with Crippen molar-refractivity contribution in [2.75, 3.05) is 25.1 Å². The first-order valence-electron chi connectivity index (χ1n) is 7.63. The number of anilines is 1. The predicted molar refractivity (Wildman–Crippen MR) is 87.2 cm³/mol. The van der Waals surface area contributed by atoms with Crippen molar-refractivity contribution in [1.82, 2.24) is 4.98 Å². The fraction of sp³-hybridized carbons (Fsp3) is 0.750. The Bertz CT molecular complexity index is 505. The average molecular weight is 310 g/mol. The largest absolute Gasteiger partial charge is 0.464 e. The fourth-order valence-corrected chi connectivity index (χ4v) is 3.91. The molecule has 1 atom stereocenters. The Morgan fingerprint density at radius 3 is 2.67 bits per heavy atom. The summed E-state index contributed by atoms with van der Waals surface area (Å²) in [7, 11) is 1.40. The average Bonchev–Trinajstić information content (AvgIpc) is 2.65. The lowest BCUT2D eigenvalue weighted by molar-refractivity contribution is 0.0594. The van der Waals surface area contributed by atoms with E-state index in [1.54, 1.807) is 11.3 Å². The van der Waals surface area contributed by atoms with E-state index in [0.29, 0.717) is 11.1 Å². The molecule has 0 aliphatic carbocycles. The molecule has 1 saturated heterocycles. The number of carbonyl (C=O) groups excluding carboxylic acids is 1. The summed E-state index contributed by atoms with van der Waals surface area (Å²) in [5, 5.41) is 0.961. The molecule has 2 heterocycles. The Hall–Kier alpha value is -1.10. The topological polar surface area (TPSA) is 42.4 Å². The van der Waals surface area contributed by atoms with E-state index in [2.05, 4.69) is 30.7 Å². The van der Waals surface area contributed by atoms with Crippen LogP contribution in [-0.2, 0) is 4.74 Å². The monoisotopic (exact) mass is 310 g/mol.